The zero-order valence-electron chi connectivity index (χ0n) is 10.4. The lowest BCUT2D eigenvalue weighted by Gasteiger charge is -2.09. The van der Waals surface area contributed by atoms with Gasteiger partial charge in [0.05, 0.1) is 5.52 Å². The number of aromatic nitrogens is 5. The molecule has 3 rings (SSSR count). The second kappa shape index (κ2) is 4.52. The summed E-state index contributed by atoms with van der Waals surface area (Å²) < 4.78 is 1.62. The molecule has 1 aromatic carbocycles. The first-order chi connectivity index (χ1) is 9.31. The van der Waals surface area contributed by atoms with Gasteiger partial charge in [-0.3, -0.25) is 0 Å². The van der Waals surface area contributed by atoms with Crippen LogP contribution in [-0.4, -0.2) is 31.5 Å². The predicted molar refractivity (Wildman–Crippen MR) is 73.0 cm³/mol. The molecule has 7 heteroatoms. The molecule has 0 spiro atoms. The zero-order chi connectivity index (χ0) is 13.2. The van der Waals surface area contributed by atoms with E-state index in [1.165, 1.54) is 6.33 Å². The molecule has 0 fully saturated rings. The standard InChI is InChI=1S/C12H13N7/c1-2-14-11-10(13)12(16-7-15-11)19-9-6-4-3-5-8(9)17-18-19/h3-7H,2,13H2,1H3,(H,14,15,16). The molecule has 2 heterocycles. The fourth-order valence-electron chi connectivity index (χ4n) is 1.89. The number of nitrogens with two attached hydrogens (primary N) is 1. The van der Waals surface area contributed by atoms with Gasteiger partial charge in [-0.25, -0.2) is 9.97 Å². The molecule has 7 nitrogen and oxygen atoms in total. The van der Waals surface area contributed by atoms with Gasteiger partial charge in [0.1, 0.15) is 17.5 Å². The van der Waals surface area contributed by atoms with Gasteiger partial charge in [0.25, 0.3) is 0 Å². The van der Waals surface area contributed by atoms with Gasteiger partial charge in [-0.15, -0.1) is 5.10 Å². The number of benzene rings is 1. The van der Waals surface area contributed by atoms with Gasteiger partial charge in [0, 0.05) is 6.54 Å². The highest BCUT2D eigenvalue weighted by molar-refractivity contribution is 5.78. The van der Waals surface area contributed by atoms with Crippen LogP contribution in [0.25, 0.3) is 16.9 Å². The number of hydrogen-bond acceptors (Lipinski definition) is 6. The van der Waals surface area contributed by atoms with Gasteiger partial charge in [-0.1, -0.05) is 17.3 Å². The average molecular weight is 255 g/mol. The van der Waals surface area contributed by atoms with E-state index in [2.05, 4.69) is 25.6 Å². The molecule has 0 aliphatic carbocycles. The lowest BCUT2D eigenvalue weighted by atomic mass is 10.3. The minimum Gasteiger partial charge on any atom is -0.393 e. The van der Waals surface area contributed by atoms with E-state index in [9.17, 15) is 0 Å². The van der Waals surface area contributed by atoms with Crippen molar-refractivity contribution >= 4 is 22.5 Å². The van der Waals surface area contributed by atoms with Crippen LogP contribution in [0.15, 0.2) is 30.6 Å². The second-order valence-electron chi connectivity index (χ2n) is 3.98. The summed E-state index contributed by atoms with van der Waals surface area (Å²) in [6.07, 6.45) is 1.46. The summed E-state index contributed by atoms with van der Waals surface area (Å²) in [4.78, 5) is 8.31. The Balaban J connectivity index is 2.19. The molecule has 19 heavy (non-hydrogen) atoms. The summed E-state index contributed by atoms with van der Waals surface area (Å²) in [5, 5.41) is 11.3. The molecule has 0 aliphatic rings. The average Bonchev–Trinajstić information content (AvgIpc) is 2.85. The molecular formula is C12H13N7. The Morgan fingerprint density at radius 3 is 2.95 bits per heavy atom. The number of anilines is 2. The van der Waals surface area contributed by atoms with Crippen LogP contribution in [0.3, 0.4) is 0 Å². The zero-order valence-corrected chi connectivity index (χ0v) is 10.4. The van der Waals surface area contributed by atoms with Crippen molar-refractivity contribution in [3.8, 4) is 5.82 Å². The normalized spacial score (nSPS) is 10.8. The molecule has 3 aromatic rings. The van der Waals surface area contributed by atoms with Gasteiger partial charge in [0.15, 0.2) is 11.6 Å². The predicted octanol–water partition coefficient (Wildman–Crippen LogP) is 1.22. The minimum absolute atomic E-state index is 0.458. The monoisotopic (exact) mass is 255 g/mol. The van der Waals surface area contributed by atoms with Crippen LogP contribution in [0, 0.1) is 0 Å². The van der Waals surface area contributed by atoms with Gasteiger partial charge in [-0.05, 0) is 19.1 Å². The van der Waals surface area contributed by atoms with Crippen molar-refractivity contribution in [3.05, 3.63) is 30.6 Å². The molecule has 0 saturated heterocycles. The quantitative estimate of drug-likeness (QED) is 0.730. The number of rotatable bonds is 3. The SMILES string of the molecule is CCNc1ncnc(-n2nnc3ccccc32)c1N. The van der Waals surface area contributed by atoms with Crippen LogP contribution in [-0.2, 0) is 0 Å². The molecule has 0 radical (unpaired) electrons. The maximum Gasteiger partial charge on any atom is 0.184 e. The van der Waals surface area contributed by atoms with Crippen molar-refractivity contribution in [2.75, 3.05) is 17.6 Å². The maximum atomic E-state index is 6.08. The van der Waals surface area contributed by atoms with E-state index in [0.717, 1.165) is 17.6 Å². The molecular weight excluding hydrogens is 242 g/mol. The van der Waals surface area contributed by atoms with E-state index in [4.69, 9.17) is 5.73 Å². The first-order valence-electron chi connectivity index (χ1n) is 5.96. The van der Waals surface area contributed by atoms with Crippen molar-refractivity contribution in [1.82, 2.24) is 25.0 Å². The summed E-state index contributed by atoms with van der Waals surface area (Å²) in [5.74, 6) is 1.13. The Morgan fingerprint density at radius 1 is 1.26 bits per heavy atom. The van der Waals surface area contributed by atoms with Gasteiger partial charge < -0.3 is 11.1 Å². The highest BCUT2D eigenvalue weighted by Crippen LogP contribution is 2.23. The van der Waals surface area contributed by atoms with E-state index in [-0.39, 0.29) is 0 Å². The minimum atomic E-state index is 0.458. The molecule has 0 unspecified atom stereocenters. The fraction of sp³-hybridized carbons (Fsp3) is 0.167. The number of nitrogens with zero attached hydrogens (tertiary/aromatic N) is 5. The van der Waals surface area contributed by atoms with Crippen molar-refractivity contribution in [2.45, 2.75) is 6.92 Å². The Labute approximate surface area is 109 Å². The van der Waals surface area contributed by atoms with Crippen molar-refractivity contribution in [1.29, 1.82) is 0 Å². The smallest absolute Gasteiger partial charge is 0.184 e. The number of fused-ring (bicyclic) bond motifs is 1. The molecule has 0 aliphatic heterocycles. The number of para-hydroxylation sites is 1. The van der Waals surface area contributed by atoms with Crippen LogP contribution >= 0.6 is 0 Å². The van der Waals surface area contributed by atoms with Crippen molar-refractivity contribution in [2.24, 2.45) is 0 Å². The third-order valence-corrected chi connectivity index (χ3v) is 2.76. The highest BCUT2D eigenvalue weighted by atomic mass is 15.4. The molecule has 0 atom stereocenters. The number of nitrogen functional groups attached to an aromatic ring is 1. The maximum absolute atomic E-state index is 6.08. The number of nitrogens with one attached hydrogen (secondary N) is 1. The Kier molecular flexibility index (Phi) is 2.71. The van der Waals surface area contributed by atoms with Crippen LogP contribution < -0.4 is 11.1 Å². The molecule has 0 saturated carbocycles. The van der Waals surface area contributed by atoms with Crippen LogP contribution in [0.4, 0.5) is 11.5 Å². The van der Waals surface area contributed by atoms with E-state index < -0.39 is 0 Å². The molecule has 2 aromatic heterocycles. The highest BCUT2D eigenvalue weighted by Gasteiger charge is 2.13. The topological polar surface area (TPSA) is 94.5 Å². The van der Waals surface area contributed by atoms with E-state index >= 15 is 0 Å². The van der Waals surface area contributed by atoms with Crippen molar-refractivity contribution in [3.63, 3.8) is 0 Å². The van der Waals surface area contributed by atoms with Crippen LogP contribution in [0.5, 0.6) is 0 Å². The third-order valence-electron chi connectivity index (χ3n) is 2.76. The van der Waals surface area contributed by atoms with Crippen LogP contribution in [0.2, 0.25) is 0 Å². The van der Waals surface area contributed by atoms with E-state index in [1.54, 1.807) is 4.68 Å². The lowest BCUT2D eigenvalue weighted by Crippen LogP contribution is -2.10. The fourth-order valence-corrected chi connectivity index (χ4v) is 1.89. The van der Waals surface area contributed by atoms with E-state index in [1.807, 2.05) is 31.2 Å². The summed E-state index contributed by atoms with van der Waals surface area (Å²) in [7, 11) is 0. The molecule has 3 N–H and O–H groups in total. The first kappa shape index (κ1) is 11.4. The second-order valence-corrected chi connectivity index (χ2v) is 3.98. The molecule has 0 bridgehead atoms. The van der Waals surface area contributed by atoms with Gasteiger partial charge >= 0.3 is 0 Å². The number of hydrogen-bond donors (Lipinski definition) is 2. The summed E-state index contributed by atoms with van der Waals surface area (Å²) in [6, 6.07) is 7.64. The molecule has 0 amide bonds. The Bertz CT molecular complexity index is 719. The Morgan fingerprint density at radius 2 is 2.11 bits per heavy atom. The molecule has 96 valence electrons. The summed E-state index contributed by atoms with van der Waals surface area (Å²) >= 11 is 0. The Hall–Kier alpha value is -2.70. The van der Waals surface area contributed by atoms with Crippen LogP contribution in [0.1, 0.15) is 6.92 Å². The summed E-state index contributed by atoms with van der Waals surface area (Å²) in [6.45, 7) is 2.71. The van der Waals surface area contributed by atoms with E-state index in [0.29, 0.717) is 17.3 Å². The first-order valence-corrected chi connectivity index (χ1v) is 5.96. The largest absolute Gasteiger partial charge is 0.393 e. The summed E-state index contributed by atoms with van der Waals surface area (Å²) in [5.41, 5.74) is 8.19. The lowest BCUT2D eigenvalue weighted by molar-refractivity contribution is 0.799. The third kappa shape index (κ3) is 1.85. The van der Waals surface area contributed by atoms with Crippen molar-refractivity contribution < 1.29 is 0 Å². The van der Waals surface area contributed by atoms with Gasteiger partial charge in [0.2, 0.25) is 0 Å². The van der Waals surface area contributed by atoms with Gasteiger partial charge in [-0.2, -0.15) is 4.68 Å².